The van der Waals surface area contributed by atoms with Crippen LogP contribution in [0.4, 0.5) is 24.7 Å². The summed E-state index contributed by atoms with van der Waals surface area (Å²) in [6.07, 6.45) is 0.875. The first-order valence-corrected chi connectivity index (χ1v) is 13.8. The number of pyridine rings is 2. The third kappa shape index (κ3) is 6.65. The van der Waals surface area contributed by atoms with Crippen LogP contribution in [-0.2, 0) is 22.7 Å². The molecule has 0 radical (unpaired) electrons. The van der Waals surface area contributed by atoms with Gasteiger partial charge in [-0.15, -0.1) is 0 Å². The molecular weight excluding hydrogens is 529 g/mol. The van der Waals surface area contributed by atoms with Crippen molar-refractivity contribution in [3.05, 3.63) is 71.8 Å². The first-order chi connectivity index (χ1) is 19.4. The lowest BCUT2D eigenvalue weighted by atomic mass is 9.82. The van der Waals surface area contributed by atoms with Gasteiger partial charge in [-0.1, -0.05) is 26.8 Å². The SMILES string of the molecule is C[C@@H]1CN(CCc2cc(Nc3ncnc4cc(-c5ncccc5C(F)(F)F)cnc34)ccc2C(C)(C)C)C[C@H](C)O1. The van der Waals surface area contributed by atoms with E-state index in [-0.39, 0.29) is 28.9 Å². The van der Waals surface area contributed by atoms with Crippen molar-refractivity contribution >= 4 is 22.5 Å². The molecule has 1 aliphatic rings. The highest BCUT2D eigenvalue weighted by molar-refractivity contribution is 5.89. The number of ether oxygens (including phenoxy) is 1. The highest BCUT2D eigenvalue weighted by atomic mass is 19.4. The highest BCUT2D eigenvalue weighted by Crippen LogP contribution is 2.36. The van der Waals surface area contributed by atoms with Gasteiger partial charge in [-0.25, -0.2) is 15.0 Å². The summed E-state index contributed by atoms with van der Waals surface area (Å²) in [5, 5.41) is 3.37. The molecule has 0 saturated carbocycles. The lowest BCUT2D eigenvalue weighted by molar-refractivity contribution is -0.137. The van der Waals surface area contributed by atoms with E-state index < -0.39 is 11.7 Å². The Morgan fingerprint density at radius 1 is 0.951 bits per heavy atom. The molecule has 3 aromatic heterocycles. The molecule has 4 aromatic rings. The Morgan fingerprint density at radius 3 is 2.41 bits per heavy atom. The van der Waals surface area contributed by atoms with E-state index in [1.54, 1.807) is 6.07 Å². The van der Waals surface area contributed by atoms with E-state index >= 15 is 0 Å². The maximum Gasteiger partial charge on any atom is 0.418 e. The molecule has 1 aromatic carbocycles. The van der Waals surface area contributed by atoms with Crippen molar-refractivity contribution in [2.45, 2.75) is 64.8 Å². The number of nitrogens with zero attached hydrogens (tertiary/aromatic N) is 5. The highest BCUT2D eigenvalue weighted by Gasteiger charge is 2.34. The second-order valence-electron chi connectivity index (χ2n) is 11.7. The minimum absolute atomic E-state index is 0.0280. The summed E-state index contributed by atoms with van der Waals surface area (Å²) >= 11 is 0. The van der Waals surface area contributed by atoms with Crippen molar-refractivity contribution < 1.29 is 17.9 Å². The zero-order chi connectivity index (χ0) is 29.4. The summed E-state index contributed by atoms with van der Waals surface area (Å²) < 4.78 is 46.6. The molecule has 1 N–H and O–H groups in total. The number of hydrogen-bond acceptors (Lipinski definition) is 7. The molecule has 0 amide bonds. The van der Waals surface area contributed by atoms with Crippen LogP contribution in [0.1, 0.15) is 51.3 Å². The van der Waals surface area contributed by atoms with Gasteiger partial charge in [0.15, 0.2) is 5.82 Å². The Balaban J connectivity index is 1.43. The molecule has 0 aliphatic carbocycles. The third-order valence-electron chi connectivity index (χ3n) is 7.23. The fourth-order valence-electron chi connectivity index (χ4n) is 5.52. The van der Waals surface area contributed by atoms with Crippen molar-refractivity contribution in [2.24, 2.45) is 0 Å². The molecule has 216 valence electrons. The number of nitrogens with one attached hydrogen (secondary N) is 1. The van der Waals surface area contributed by atoms with Crippen LogP contribution < -0.4 is 5.32 Å². The minimum Gasteiger partial charge on any atom is -0.373 e. The summed E-state index contributed by atoms with van der Waals surface area (Å²) in [7, 11) is 0. The van der Waals surface area contributed by atoms with E-state index in [9.17, 15) is 13.2 Å². The van der Waals surface area contributed by atoms with Crippen LogP contribution in [0.25, 0.3) is 22.3 Å². The number of halogens is 3. The number of aromatic nitrogens is 4. The molecule has 0 bridgehead atoms. The van der Waals surface area contributed by atoms with E-state index in [2.05, 4.69) is 76.9 Å². The molecule has 41 heavy (non-hydrogen) atoms. The average molecular weight is 565 g/mol. The van der Waals surface area contributed by atoms with Gasteiger partial charge in [0.05, 0.1) is 29.0 Å². The lowest BCUT2D eigenvalue weighted by Gasteiger charge is -2.35. The number of benzene rings is 1. The fraction of sp³-hybridized carbons (Fsp3) is 0.419. The Morgan fingerprint density at radius 2 is 1.71 bits per heavy atom. The average Bonchev–Trinajstić information content (AvgIpc) is 2.90. The standard InChI is InChI=1S/C31H35F3N6O/c1-19-16-40(17-20(2)41-19)12-10-21-13-23(8-9-24(21)30(3,4)5)39-29-28-26(37-18-38-29)14-22(15-36-28)27-25(31(32,33)34)7-6-11-35-27/h6-9,11,13-15,18-20H,10,12,16-17H2,1-5H3,(H,37,38,39)/t19-,20+. The monoisotopic (exact) mass is 564 g/mol. The van der Waals surface area contributed by atoms with Gasteiger partial charge < -0.3 is 10.1 Å². The molecule has 4 heterocycles. The largest absolute Gasteiger partial charge is 0.418 e. The second kappa shape index (κ2) is 11.3. The van der Waals surface area contributed by atoms with Crippen LogP contribution in [0.2, 0.25) is 0 Å². The number of morpholine rings is 1. The molecule has 2 atom stereocenters. The predicted octanol–water partition coefficient (Wildman–Crippen LogP) is 6.80. The molecule has 7 nitrogen and oxygen atoms in total. The zero-order valence-electron chi connectivity index (χ0n) is 24.0. The van der Waals surface area contributed by atoms with E-state index in [0.29, 0.717) is 16.9 Å². The first kappa shape index (κ1) is 28.9. The van der Waals surface area contributed by atoms with Crippen LogP contribution in [0.15, 0.2) is 55.1 Å². The number of anilines is 2. The summed E-state index contributed by atoms with van der Waals surface area (Å²) in [5.74, 6) is 0.476. The Hall–Kier alpha value is -3.63. The minimum atomic E-state index is -4.54. The summed E-state index contributed by atoms with van der Waals surface area (Å²) in [6.45, 7) is 13.6. The van der Waals surface area contributed by atoms with Gasteiger partial charge in [-0.2, -0.15) is 13.2 Å². The number of hydrogen-bond donors (Lipinski definition) is 1. The Kier molecular flexibility index (Phi) is 7.98. The van der Waals surface area contributed by atoms with Crippen LogP contribution in [0, 0.1) is 0 Å². The van der Waals surface area contributed by atoms with Gasteiger partial charge in [0.2, 0.25) is 0 Å². The lowest BCUT2D eigenvalue weighted by Crippen LogP contribution is -2.46. The second-order valence-corrected chi connectivity index (χ2v) is 11.7. The van der Waals surface area contributed by atoms with E-state index in [4.69, 9.17) is 4.74 Å². The van der Waals surface area contributed by atoms with Crippen molar-refractivity contribution in [3.8, 4) is 11.3 Å². The number of alkyl halides is 3. The predicted molar refractivity (Wildman–Crippen MR) is 154 cm³/mol. The van der Waals surface area contributed by atoms with Crippen LogP contribution >= 0.6 is 0 Å². The molecule has 10 heteroatoms. The van der Waals surface area contributed by atoms with E-state index in [1.807, 2.05) is 6.07 Å². The molecular formula is C31H35F3N6O. The number of fused-ring (bicyclic) bond motifs is 1. The van der Waals surface area contributed by atoms with Gasteiger partial charge >= 0.3 is 6.18 Å². The van der Waals surface area contributed by atoms with Crippen molar-refractivity contribution in [1.82, 2.24) is 24.8 Å². The van der Waals surface area contributed by atoms with Crippen LogP contribution in [0.3, 0.4) is 0 Å². The summed E-state index contributed by atoms with van der Waals surface area (Å²) in [5.41, 5.74) is 3.46. The number of rotatable bonds is 6. The Labute approximate surface area is 238 Å². The van der Waals surface area contributed by atoms with Gasteiger partial charge in [0, 0.05) is 43.3 Å². The fourth-order valence-corrected chi connectivity index (χ4v) is 5.52. The molecule has 1 saturated heterocycles. The van der Waals surface area contributed by atoms with E-state index in [0.717, 1.165) is 37.8 Å². The first-order valence-electron chi connectivity index (χ1n) is 13.8. The third-order valence-corrected chi connectivity index (χ3v) is 7.23. The van der Waals surface area contributed by atoms with Crippen LogP contribution in [-0.4, -0.2) is 56.7 Å². The molecule has 0 spiro atoms. The van der Waals surface area contributed by atoms with Gasteiger partial charge in [0.1, 0.15) is 11.8 Å². The quantitative estimate of drug-likeness (QED) is 0.276. The maximum absolute atomic E-state index is 13.6. The zero-order valence-corrected chi connectivity index (χ0v) is 24.0. The van der Waals surface area contributed by atoms with Gasteiger partial charge in [0.25, 0.3) is 0 Å². The molecule has 5 rings (SSSR count). The topological polar surface area (TPSA) is 76.1 Å². The molecule has 0 unspecified atom stereocenters. The van der Waals surface area contributed by atoms with Crippen molar-refractivity contribution in [2.75, 3.05) is 25.0 Å². The van der Waals surface area contributed by atoms with Gasteiger partial charge in [-0.05, 0) is 67.1 Å². The van der Waals surface area contributed by atoms with Crippen molar-refractivity contribution in [3.63, 3.8) is 0 Å². The normalized spacial score (nSPS) is 18.5. The Bertz CT molecular complexity index is 1520. The summed E-state index contributed by atoms with van der Waals surface area (Å²) in [4.78, 5) is 19.6. The molecule has 1 aliphatic heterocycles. The van der Waals surface area contributed by atoms with Crippen LogP contribution in [0.5, 0.6) is 0 Å². The van der Waals surface area contributed by atoms with Crippen molar-refractivity contribution in [1.29, 1.82) is 0 Å². The maximum atomic E-state index is 13.6. The van der Waals surface area contributed by atoms with E-state index in [1.165, 1.54) is 35.9 Å². The smallest absolute Gasteiger partial charge is 0.373 e. The van der Waals surface area contributed by atoms with Gasteiger partial charge in [-0.3, -0.25) is 9.88 Å². The summed E-state index contributed by atoms with van der Waals surface area (Å²) in [6, 6.07) is 10.2. The molecule has 1 fully saturated rings.